The summed E-state index contributed by atoms with van der Waals surface area (Å²) >= 11 is 11.9. The molecule has 0 aliphatic heterocycles. The fourth-order valence-electron chi connectivity index (χ4n) is 2.43. The number of nitrogens with zero attached hydrogens (tertiary/aromatic N) is 3. The molecule has 1 N–H and O–H groups in total. The summed E-state index contributed by atoms with van der Waals surface area (Å²) in [5.74, 6) is 0.388. The molecule has 26 heavy (non-hydrogen) atoms. The average molecular weight is 391 g/mol. The second-order valence-corrected chi connectivity index (χ2v) is 6.24. The zero-order valence-corrected chi connectivity index (χ0v) is 15.5. The predicted octanol–water partition coefficient (Wildman–Crippen LogP) is 5.14. The van der Waals surface area contributed by atoms with Crippen molar-refractivity contribution in [2.75, 3.05) is 5.32 Å². The fourth-order valence-corrected chi connectivity index (χ4v) is 2.72. The molecule has 2 aromatic heterocycles. The molecular weight excluding hydrogens is 375 g/mol. The molecule has 0 saturated heterocycles. The molecule has 0 radical (unpaired) electrons. The van der Waals surface area contributed by atoms with Crippen LogP contribution >= 0.6 is 23.2 Å². The van der Waals surface area contributed by atoms with Gasteiger partial charge < -0.3 is 4.74 Å². The van der Waals surface area contributed by atoms with E-state index < -0.39 is 6.09 Å². The first-order valence-corrected chi connectivity index (χ1v) is 8.76. The molecule has 0 aliphatic rings. The molecule has 2 heterocycles. The molecule has 1 aromatic carbocycles. The van der Waals surface area contributed by atoms with Crippen molar-refractivity contribution in [1.29, 1.82) is 0 Å². The lowest BCUT2D eigenvalue weighted by atomic mass is 10.2. The Morgan fingerprint density at radius 2 is 2.00 bits per heavy atom. The summed E-state index contributed by atoms with van der Waals surface area (Å²) in [5, 5.41) is 7.75. The lowest BCUT2D eigenvalue weighted by Crippen LogP contribution is -2.18. The van der Waals surface area contributed by atoms with Gasteiger partial charge in [-0.05, 0) is 42.8 Å². The van der Waals surface area contributed by atoms with E-state index in [4.69, 9.17) is 27.9 Å². The van der Waals surface area contributed by atoms with Crippen molar-refractivity contribution < 1.29 is 9.53 Å². The number of halogens is 2. The van der Waals surface area contributed by atoms with E-state index in [-0.39, 0.29) is 5.15 Å². The van der Waals surface area contributed by atoms with E-state index in [2.05, 4.69) is 15.4 Å². The molecular formula is C18H16Cl2N4O2. The monoisotopic (exact) mass is 390 g/mol. The second kappa shape index (κ2) is 8.21. The molecule has 0 bridgehead atoms. The summed E-state index contributed by atoms with van der Waals surface area (Å²) in [7, 11) is 0. The molecule has 0 saturated carbocycles. The van der Waals surface area contributed by atoms with Gasteiger partial charge in [-0.1, -0.05) is 36.5 Å². The van der Waals surface area contributed by atoms with Gasteiger partial charge in [0.05, 0.1) is 23.3 Å². The first-order chi connectivity index (χ1) is 12.6. The minimum absolute atomic E-state index is 0.190. The van der Waals surface area contributed by atoms with E-state index in [1.165, 1.54) is 12.4 Å². The standard InChI is InChI=1S/C18H16Cl2N4O2/c1-2-4-15-16(11-22-24(15)13-8-6-12(19)7-9-13)26-18(25)23-14-5-3-10-21-17(14)20/h3,5-11H,2,4H2,1H3,(H,23,25). The molecule has 6 nitrogen and oxygen atoms in total. The summed E-state index contributed by atoms with van der Waals surface area (Å²) in [6, 6.07) is 10.6. The number of anilines is 1. The smallest absolute Gasteiger partial charge is 0.406 e. The van der Waals surface area contributed by atoms with E-state index >= 15 is 0 Å². The second-order valence-electron chi connectivity index (χ2n) is 5.45. The number of rotatable bonds is 5. The van der Waals surface area contributed by atoms with Crippen LogP contribution in [0.15, 0.2) is 48.8 Å². The van der Waals surface area contributed by atoms with Gasteiger partial charge in [0, 0.05) is 11.2 Å². The molecule has 0 atom stereocenters. The highest BCUT2D eigenvalue weighted by molar-refractivity contribution is 6.32. The number of carbonyl (C=O) groups is 1. The van der Waals surface area contributed by atoms with Crippen LogP contribution in [0, 0.1) is 0 Å². The number of nitrogens with one attached hydrogen (secondary N) is 1. The van der Waals surface area contributed by atoms with Crippen LogP contribution in [0.5, 0.6) is 5.75 Å². The van der Waals surface area contributed by atoms with Crippen molar-refractivity contribution in [3.05, 3.63) is 64.7 Å². The zero-order valence-electron chi connectivity index (χ0n) is 13.9. The normalized spacial score (nSPS) is 10.6. The maximum atomic E-state index is 12.2. The Kier molecular flexibility index (Phi) is 5.75. The third kappa shape index (κ3) is 4.15. The van der Waals surface area contributed by atoms with Crippen LogP contribution in [0.25, 0.3) is 5.69 Å². The van der Waals surface area contributed by atoms with Gasteiger partial charge in [0.1, 0.15) is 0 Å². The van der Waals surface area contributed by atoms with Crippen molar-refractivity contribution in [1.82, 2.24) is 14.8 Å². The van der Waals surface area contributed by atoms with Gasteiger partial charge >= 0.3 is 6.09 Å². The SMILES string of the molecule is CCCc1c(OC(=O)Nc2cccnc2Cl)cnn1-c1ccc(Cl)cc1. The van der Waals surface area contributed by atoms with Crippen LogP contribution < -0.4 is 10.1 Å². The molecule has 0 aliphatic carbocycles. The number of hydrogen-bond donors (Lipinski definition) is 1. The average Bonchev–Trinajstić information content (AvgIpc) is 3.00. The Hall–Kier alpha value is -2.57. The van der Waals surface area contributed by atoms with Gasteiger partial charge in [0.25, 0.3) is 0 Å². The van der Waals surface area contributed by atoms with Gasteiger partial charge in [0.2, 0.25) is 0 Å². The van der Waals surface area contributed by atoms with Crippen molar-refractivity contribution >= 4 is 35.0 Å². The molecule has 134 valence electrons. The van der Waals surface area contributed by atoms with Gasteiger partial charge in [-0.15, -0.1) is 0 Å². The molecule has 1 amide bonds. The Morgan fingerprint density at radius 1 is 1.23 bits per heavy atom. The van der Waals surface area contributed by atoms with Crippen molar-refractivity contribution in [3.63, 3.8) is 0 Å². The summed E-state index contributed by atoms with van der Waals surface area (Å²) in [5.41, 5.74) is 2.01. The lowest BCUT2D eigenvalue weighted by Gasteiger charge is -2.10. The maximum Gasteiger partial charge on any atom is 0.417 e. The Labute approximate surface area is 160 Å². The molecule has 0 unspecified atom stereocenters. The van der Waals surface area contributed by atoms with E-state index in [0.29, 0.717) is 22.9 Å². The van der Waals surface area contributed by atoms with Gasteiger partial charge in [-0.3, -0.25) is 5.32 Å². The van der Waals surface area contributed by atoms with Crippen LogP contribution in [0.3, 0.4) is 0 Å². The summed E-state index contributed by atoms with van der Waals surface area (Å²) < 4.78 is 7.17. The summed E-state index contributed by atoms with van der Waals surface area (Å²) in [6.45, 7) is 2.04. The third-order valence-electron chi connectivity index (χ3n) is 3.59. The fraction of sp³-hybridized carbons (Fsp3) is 0.167. The Bertz CT molecular complexity index is 910. The molecule has 0 spiro atoms. The zero-order chi connectivity index (χ0) is 18.5. The number of hydrogen-bond acceptors (Lipinski definition) is 4. The molecule has 0 fully saturated rings. The van der Waals surface area contributed by atoms with E-state index in [1.807, 2.05) is 19.1 Å². The number of carbonyl (C=O) groups excluding carboxylic acids is 1. The lowest BCUT2D eigenvalue weighted by molar-refractivity contribution is 0.214. The number of aromatic nitrogens is 3. The Balaban J connectivity index is 1.82. The minimum Gasteiger partial charge on any atom is -0.406 e. The van der Waals surface area contributed by atoms with Crippen LogP contribution in [-0.2, 0) is 6.42 Å². The highest BCUT2D eigenvalue weighted by Crippen LogP contribution is 2.25. The number of benzene rings is 1. The predicted molar refractivity (Wildman–Crippen MR) is 101 cm³/mol. The van der Waals surface area contributed by atoms with Gasteiger partial charge in [-0.25, -0.2) is 14.5 Å². The number of pyridine rings is 1. The van der Waals surface area contributed by atoms with Crippen LogP contribution in [0.4, 0.5) is 10.5 Å². The van der Waals surface area contributed by atoms with Crippen molar-refractivity contribution in [2.45, 2.75) is 19.8 Å². The summed E-state index contributed by atoms with van der Waals surface area (Å²) in [4.78, 5) is 16.1. The minimum atomic E-state index is -0.659. The topological polar surface area (TPSA) is 69.0 Å². The van der Waals surface area contributed by atoms with E-state index in [9.17, 15) is 4.79 Å². The van der Waals surface area contributed by atoms with Crippen molar-refractivity contribution in [2.24, 2.45) is 0 Å². The largest absolute Gasteiger partial charge is 0.417 e. The highest BCUT2D eigenvalue weighted by Gasteiger charge is 2.17. The van der Waals surface area contributed by atoms with Gasteiger partial charge in [-0.2, -0.15) is 5.10 Å². The molecule has 8 heteroatoms. The van der Waals surface area contributed by atoms with Crippen LogP contribution in [0.2, 0.25) is 10.2 Å². The van der Waals surface area contributed by atoms with E-state index in [0.717, 1.165) is 17.8 Å². The summed E-state index contributed by atoms with van der Waals surface area (Å²) in [6.07, 6.45) is 3.95. The number of ether oxygens (including phenoxy) is 1. The van der Waals surface area contributed by atoms with Crippen molar-refractivity contribution in [3.8, 4) is 11.4 Å². The molecule has 3 rings (SSSR count). The quantitative estimate of drug-likeness (QED) is 0.612. The number of amides is 1. The first-order valence-electron chi connectivity index (χ1n) is 8.00. The van der Waals surface area contributed by atoms with E-state index in [1.54, 1.807) is 28.9 Å². The highest BCUT2D eigenvalue weighted by atomic mass is 35.5. The third-order valence-corrected chi connectivity index (χ3v) is 4.14. The maximum absolute atomic E-state index is 12.2. The van der Waals surface area contributed by atoms with Crippen LogP contribution in [-0.4, -0.2) is 20.9 Å². The van der Waals surface area contributed by atoms with Gasteiger partial charge in [0.15, 0.2) is 10.9 Å². The molecule has 3 aromatic rings. The Morgan fingerprint density at radius 3 is 2.69 bits per heavy atom. The van der Waals surface area contributed by atoms with Crippen LogP contribution in [0.1, 0.15) is 19.0 Å². The first kappa shape index (κ1) is 18.2.